The highest BCUT2D eigenvalue weighted by Crippen LogP contribution is 2.31. The summed E-state index contributed by atoms with van der Waals surface area (Å²) in [5.41, 5.74) is 0.277. The zero-order valence-electron chi connectivity index (χ0n) is 19.3. The van der Waals surface area contributed by atoms with Crippen molar-refractivity contribution < 1.29 is 24.0 Å². The average molecular weight is 512 g/mol. The number of hydrogen-bond acceptors (Lipinski definition) is 6. The standard InChI is InChI=1S/C23H27Cl2N3O6/c1-5-19(23(30)26-14(2)3)27(12-16-17(24)7-6-8-18(16)25)22(29)13-34-15-9-10-20(28(31)32)21(11-15)33-4/h6-11,14,19H,5,12-13H2,1-4H3,(H,26,30). The van der Waals surface area contributed by atoms with Crippen molar-refractivity contribution in [2.75, 3.05) is 13.7 Å². The lowest BCUT2D eigenvalue weighted by atomic mass is 10.1. The van der Waals surface area contributed by atoms with Crippen molar-refractivity contribution >= 4 is 40.7 Å². The van der Waals surface area contributed by atoms with Crippen molar-refractivity contribution in [2.45, 2.75) is 45.8 Å². The molecule has 0 radical (unpaired) electrons. The molecule has 9 nitrogen and oxygen atoms in total. The Morgan fingerprint density at radius 2 is 1.82 bits per heavy atom. The Morgan fingerprint density at radius 1 is 1.18 bits per heavy atom. The number of carbonyl (C=O) groups excluding carboxylic acids is 2. The third kappa shape index (κ3) is 6.98. The van der Waals surface area contributed by atoms with Crippen molar-refractivity contribution in [1.82, 2.24) is 10.2 Å². The summed E-state index contributed by atoms with van der Waals surface area (Å²) in [4.78, 5) is 38.0. The molecule has 0 spiro atoms. The lowest BCUT2D eigenvalue weighted by Crippen LogP contribution is -2.51. The topological polar surface area (TPSA) is 111 Å². The van der Waals surface area contributed by atoms with Gasteiger partial charge in [-0.2, -0.15) is 0 Å². The fourth-order valence-electron chi connectivity index (χ4n) is 3.28. The van der Waals surface area contributed by atoms with E-state index in [-0.39, 0.29) is 35.7 Å². The predicted molar refractivity (Wildman–Crippen MR) is 130 cm³/mol. The van der Waals surface area contributed by atoms with Gasteiger partial charge in [0.15, 0.2) is 6.61 Å². The first-order valence-corrected chi connectivity index (χ1v) is 11.3. The molecule has 1 unspecified atom stereocenters. The highest BCUT2D eigenvalue weighted by molar-refractivity contribution is 6.36. The summed E-state index contributed by atoms with van der Waals surface area (Å²) in [6.07, 6.45) is 0.345. The van der Waals surface area contributed by atoms with Gasteiger partial charge < -0.3 is 19.7 Å². The van der Waals surface area contributed by atoms with Crippen LogP contribution in [0.25, 0.3) is 0 Å². The van der Waals surface area contributed by atoms with Crippen LogP contribution in [0.5, 0.6) is 11.5 Å². The number of nitrogens with zero attached hydrogens (tertiary/aromatic N) is 2. The minimum absolute atomic E-state index is 0.00241. The number of nitrogens with one attached hydrogen (secondary N) is 1. The number of carbonyl (C=O) groups is 2. The number of rotatable bonds is 11. The summed E-state index contributed by atoms with van der Waals surface area (Å²) >= 11 is 12.6. The van der Waals surface area contributed by atoms with Crippen LogP contribution in [0.15, 0.2) is 36.4 Å². The van der Waals surface area contributed by atoms with Gasteiger partial charge in [-0.1, -0.05) is 36.2 Å². The molecule has 11 heteroatoms. The summed E-state index contributed by atoms with van der Waals surface area (Å²) in [5, 5.41) is 14.7. The third-order valence-corrected chi connectivity index (χ3v) is 5.63. The Morgan fingerprint density at radius 3 is 2.35 bits per heavy atom. The van der Waals surface area contributed by atoms with Crippen molar-refractivity contribution in [3.8, 4) is 11.5 Å². The number of nitro benzene ring substituents is 1. The van der Waals surface area contributed by atoms with Crippen LogP contribution in [0.1, 0.15) is 32.8 Å². The molecule has 184 valence electrons. The molecule has 0 fully saturated rings. The van der Waals surface area contributed by atoms with E-state index < -0.39 is 23.5 Å². The fourth-order valence-corrected chi connectivity index (χ4v) is 3.80. The summed E-state index contributed by atoms with van der Waals surface area (Å²) in [6.45, 7) is 5.02. The lowest BCUT2D eigenvalue weighted by Gasteiger charge is -2.31. The first kappa shape index (κ1) is 27.2. The molecular weight excluding hydrogens is 485 g/mol. The molecule has 0 bridgehead atoms. The number of hydrogen-bond donors (Lipinski definition) is 1. The van der Waals surface area contributed by atoms with Crippen molar-refractivity contribution in [3.63, 3.8) is 0 Å². The van der Waals surface area contributed by atoms with Crippen molar-refractivity contribution in [1.29, 1.82) is 0 Å². The van der Waals surface area contributed by atoms with Crippen LogP contribution >= 0.6 is 23.2 Å². The van der Waals surface area contributed by atoms with Gasteiger partial charge in [0.2, 0.25) is 11.7 Å². The second kappa shape index (κ2) is 12.4. The number of methoxy groups -OCH3 is 1. The first-order chi connectivity index (χ1) is 16.1. The molecule has 0 saturated carbocycles. The third-order valence-electron chi connectivity index (χ3n) is 4.92. The van der Waals surface area contributed by atoms with E-state index in [1.165, 1.54) is 30.2 Å². The molecule has 0 aliphatic carbocycles. The molecule has 0 aliphatic heterocycles. The highest BCUT2D eigenvalue weighted by atomic mass is 35.5. The van der Waals surface area contributed by atoms with Gasteiger partial charge in [-0.3, -0.25) is 19.7 Å². The number of ether oxygens (including phenoxy) is 2. The molecule has 2 aromatic carbocycles. The quantitative estimate of drug-likeness (QED) is 0.348. The maximum atomic E-state index is 13.3. The SMILES string of the molecule is CCC(C(=O)NC(C)C)N(Cc1c(Cl)cccc1Cl)C(=O)COc1ccc([N+](=O)[O-])c(OC)c1. The normalized spacial score (nSPS) is 11.6. The first-order valence-electron chi connectivity index (χ1n) is 10.6. The largest absolute Gasteiger partial charge is 0.490 e. The van der Waals surface area contributed by atoms with E-state index in [1.807, 2.05) is 13.8 Å². The predicted octanol–water partition coefficient (Wildman–Crippen LogP) is 4.62. The molecular formula is C23H27Cl2N3O6. The maximum Gasteiger partial charge on any atom is 0.311 e. The second-order valence-corrected chi connectivity index (χ2v) is 8.50. The van der Waals surface area contributed by atoms with Gasteiger partial charge in [0.05, 0.1) is 12.0 Å². The molecule has 0 saturated heterocycles. The van der Waals surface area contributed by atoms with Gasteiger partial charge in [0.1, 0.15) is 11.8 Å². The number of nitro groups is 1. The Bertz CT molecular complexity index is 1030. The average Bonchev–Trinajstić information content (AvgIpc) is 2.78. The van der Waals surface area contributed by atoms with E-state index in [4.69, 9.17) is 32.7 Å². The van der Waals surface area contributed by atoms with Gasteiger partial charge in [0.25, 0.3) is 5.91 Å². The Balaban J connectivity index is 2.31. The van der Waals surface area contributed by atoms with Crippen molar-refractivity contribution in [2.24, 2.45) is 0 Å². The summed E-state index contributed by atoms with van der Waals surface area (Å²) in [7, 11) is 1.30. The monoisotopic (exact) mass is 511 g/mol. The molecule has 34 heavy (non-hydrogen) atoms. The van der Waals surface area contributed by atoms with Gasteiger partial charge in [-0.05, 0) is 38.5 Å². The Hall–Kier alpha value is -3.04. The van der Waals surface area contributed by atoms with Crippen molar-refractivity contribution in [3.05, 3.63) is 62.1 Å². The Kier molecular flexibility index (Phi) is 9.95. The van der Waals surface area contributed by atoms with E-state index in [0.29, 0.717) is 22.0 Å². The van der Waals surface area contributed by atoms with E-state index in [2.05, 4.69) is 5.32 Å². The highest BCUT2D eigenvalue weighted by Gasteiger charge is 2.30. The maximum absolute atomic E-state index is 13.3. The van der Waals surface area contributed by atoms with Gasteiger partial charge >= 0.3 is 5.69 Å². The minimum Gasteiger partial charge on any atom is -0.490 e. The molecule has 2 rings (SSSR count). The molecule has 1 atom stereocenters. The van der Waals surface area contributed by atoms with Crippen LogP contribution in [-0.4, -0.2) is 47.4 Å². The zero-order chi connectivity index (χ0) is 25.4. The van der Waals surface area contributed by atoms with Crippen LogP contribution < -0.4 is 14.8 Å². The zero-order valence-corrected chi connectivity index (χ0v) is 20.9. The minimum atomic E-state index is -0.794. The van der Waals surface area contributed by atoms with Crippen LogP contribution in [0.3, 0.4) is 0 Å². The summed E-state index contributed by atoms with van der Waals surface area (Å²) < 4.78 is 10.6. The fraction of sp³-hybridized carbons (Fsp3) is 0.391. The van der Waals surface area contributed by atoms with Gasteiger partial charge in [-0.25, -0.2) is 0 Å². The molecule has 0 aromatic heterocycles. The summed E-state index contributed by atoms with van der Waals surface area (Å²) in [5.74, 6) is -0.603. The van der Waals surface area contributed by atoms with E-state index in [1.54, 1.807) is 25.1 Å². The van der Waals surface area contributed by atoms with Crippen LogP contribution in [0.2, 0.25) is 10.0 Å². The van der Waals surface area contributed by atoms with E-state index >= 15 is 0 Å². The van der Waals surface area contributed by atoms with Crippen LogP contribution in [0, 0.1) is 10.1 Å². The number of amides is 2. The molecule has 0 heterocycles. The number of benzene rings is 2. The van der Waals surface area contributed by atoms with Crippen LogP contribution in [0.4, 0.5) is 5.69 Å². The molecule has 2 amide bonds. The van der Waals surface area contributed by atoms with Gasteiger partial charge in [-0.15, -0.1) is 0 Å². The smallest absolute Gasteiger partial charge is 0.311 e. The molecule has 0 aliphatic rings. The number of halogens is 2. The second-order valence-electron chi connectivity index (χ2n) is 7.69. The molecule has 2 aromatic rings. The summed E-state index contributed by atoms with van der Waals surface area (Å²) in [6, 6.07) is 8.00. The lowest BCUT2D eigenvalue weighted by molar-refractivity contribution is -0.385. The van der Waals surface area contributed by atoms with E-state index in [0.717, 1.165) is 0 Å². The van der Waals surface area contributed by atoms with Crippen LogP contribution in [-0.2, 0) is 16.1 Å². The van der Waals surface area contributed by atoms with Gasteiger partial charge in [0, 0.05) is 40.3 Å². The Labute approximate surface area is 208 Å². The van der Waals surface area contributed by atoms with E-state index in [9.17, 15) is 19.7 Å². The molecule has 1 N–H and O–H groups in total.